The standard InChI is InChI=1S/C10H16.2C4H12Si.Sc/c1-6-7(2)9(4)10(5)8(6)3;2*1-5(2,3)4;/h6H,1-5H3;2*1-4H3;. The monoisotopic (exact) mass is 357 g/mol. The molecular formula is C18H40ScSi2. The smallest absolute Gasteiger partial charge is 0.0411 e. The largest absolute Gasteiger partial charge is 0.0697 e. The number of hydrogen-bond donors (Lipinski definition) is 0. The molecule has 1 radical (unpaired) electrons. The van der Waals surface area contributed by atoms with E-state index in [1.807, 2.05) is 0 Å². The van der Waals surface area contributed by atoms with Crippen molar-refractivity contribution < 1.29 is 25.8 Å². The molecule has 0 unspecified atom stereocenters. The average molecular weight is 358 g/mol. The summed E-state index contributed by atoms with van der Waals surface area (Å²) in [5.41, 5.74) is 6.11. The predicted octanol–water partition coefficient (Wildman–Crippen LogP) is 7.22. The zero-order valence-corrected chi connectivity index (χ0v) is 21.0. The molecule has 3 heteroatoms. The molecule has 0 amide bonds. The molecule has 1 rings (SSSR count). The van der Waals surface area contributed by atoms with Crippen LogP contribution in [0.15, 0.2) is 22.3 Å². The Kier molecular flexibility index (Phi) is 13.4. The minimum atomic E-state index is -0.611. The topological polar surface area (TPSA) is 0 Å². The summed E-state index contributed by atoms with van der Waals surface area (Å²) in [4.78, 5) is 0. The summed E-state index contributed by atoms with van der Waals surface area (Å²) < 4.78 is 0. The van der Waals surface area contributed by atoms with E-state index >= 15 is 0 Å². The molecular weight excluding hydrogens is 317 g/mol. The zero-order chi connectivity index (χ0) is 16.9. The van der Waals surface area contributed by atoms with Gasteiger partial charge in [0.2, 0.25) is 0 Å². The summed E-state index contributed by atoms with van der Waals surface area (Å²) in [6, 6.07) is 0. The summed E-state index contributed by atoms with van der Waals surface area (Å²) in [5, 5.41) is 0. The van der Waals surface area contributed by atoms with Crippen molar-refractivity contribution in [1.82, 2.24) is 0 Å². The van der Waals surface area contributed by atoms with Crippen LogP contribution in [0.5, 0.6) is 0 Å². The first kappa shape index (κ1) is 26.7. The maximum atomic E-state index is 2.33. The van der Waals surface area contributed by atoms with Gasteiger partial charge in [-0.3, -0.25) is 0 Å². The molecule has 0 nitrogen and oxygen atoms in total. The molecule has 1 aliphatic rings. The van der Waals surface area contributed by atoms with Crippen LogP contribution in [0.2, 0.25) is 52.4 Å². The van der Waals surface area contributed by atoms with Crippen LogP contribution in [-0.2, 0) is 25.8 Å². The van der Waals surface area contributed by atoms with Crippen molar-refractivity contribution in [3.63, 3.8) is 0 Å². The molecule has 21 heavy (non-hydrogen) atoms. The van der Waals surface area contributed by atoms with E-state index in [1.54, 1.807) is 11.1 Å². The Morgan fingerprint density at radius 1 is 0.571 bits per heavy atom. The van der Waals surface area contributed by atoms with Crippen molar-refractivity contribution in [3.05, 3.63) is 22.3 Å². The third-order valence-corrected chi connectivity index (χ3v) is 3.04. The Balaban J connectivity index is -0.000000254. The minimum absolute atomic E-state index is 0. The molecule has 0 N–H and O–H groups in total. The number of allylic oxidation sites excluding steroid dienone is 4. The van der Waals surface area contributed by atoms with Gasteiger partial charge in [0.05, 0.1) is 0 Å². The molecule has 0 aromatic rings. The Hall–Kier alpha value is 0.784. The molecule has 0 bridgehead atoms. The second kappa shape index (κ2) is 10.5. The summed E-state index contributed by atoms with van der Waals surface area (Å²) in [6.07, 6.45) is 0. The molecule has 0 saturated heterocycles. The molecule has 123 valence electrons. The molecule has 0 atom stereocenters. The van der Waals surface area contributed by atoms with Crippen LogP contribution in [0.4, 0.5) is 0 Å². The normalized spacial score (nSPS) is 15.9. The van der Waals surface area contributed by atoms with Gasteiger partial charge in [-0.1, -0.05) is 70.4 Å². The van der Waals surface area contributed by atoms with E-state index in [1.165, 1.54) is 11.1 Å². The molecule has 0 spiro atoms. The van der Waals surface area contributed by atoms with Gasteiger partial charge in [0.1, 0.15) is 0 Å². The van der Waals surface area contributed by atoms with Gasteiger partial charge in [-0.05, 0) is 44.8 Å². The SMILES string of the molecule is CC1=C(C)C(C)C(C)=C1C.C[Si](C)(C)C.C[Si](C)(C)C.[Sc]. The molecule has 0 fully saturated rings. The van der Waals surface area contributed by atoms with Crippen molar-refractivity contribution >= 4 is 16.1 Å². The third-order valence-electron chi connectivity index (χ3n) is 3.04. The Labute approximate surface area is 156 Å². The molecule has 0 aliphatic heterocycles. The van der Waals surface area contributed by atoms with E-state index in [2.05, 4.69) is 87.0 Å². The van der Waals surface area contributed by atoms with E-state index in [0.29, 0.717) is 5.92 Å². The first-order valence-electron chi connectivity index (χ1n) is 7.90. The van der Waals surface area contributed by atoms with Gasteiger partial charge < -0.3 is 0 Å². The molecule has 0 heterocycles. The van der Waals surface area contributed by atoms with Crippen molar-refractivity contribution in [1.29, 1.82) is 0 Å². The Bertz CT molecular complexity index is 318. The second-order valence-electron chi connectivity index (χ2n) is 9.34. The van der Waals surface area contributed by atoms with Crippen LogP contribution in [-0.4, -0.2) is 16.1 Å². The summed E-state index contributed by atoms with van der Waals surface area (Å²) >= 11 is 0. The summed E-state index contributed by atoms with van der Waals surface area (Å²) in [6.45, 7) is 29.8. The number of hydrogen-bond acceptors (Lipinski definition) is 0. The number of rotatable bonds is 0. The van der Waals surface area contributed by atoms with Crippen molar-refractivity contribution in [3.8, 4) is 0 Å². The quantitative estimate of drug-likeness (QED) is 0.402. The third kappa shape index (κ3) is 17.0. The van der Waals surface area contributed by atoms with Crippen molar-refractivity contribution in [2.45, 2.75) is 87.0 Å². The van der Waals surface area contributed by atoms with Gasteiger partial charge in [0.15, 0.2) is 0 Å². The molecule has 0 saturated carbocycles. The van der Waals surface area contributed by atoms with Gasteiger partial charge in [0, 0.05) is 42.0 Å². The zero-order valence-electron chi connectivity index (χ0n) is 17.2. The first-order chi connectivity index (χ1) is 8.55. The van der Waals surface area contributed by atoms with E-state index in [0.717, 1.165) is 0 Å². The summed E-state index contributed by atoms with van der Waals surface area (Å²) in [7, 11) is -1.22. The van der Waals surface area contributed by atoms with E-state index < -0.39 is 16.1 Å². The van der Waals surface area contributed by atoms with Gasteiger partial charge in [0.25, 0.3) is 0 Å². The van der Waals surface area contributed by atoms with Crippen LogP contribution in [0, 0.1) is 5.92 Å². The fourth-order valence-corrected chi connectivity index (χ4v) is 1.57. The average Bonchev–Trinajstić information content (AvgIpc) is 2.32. The Morgan fingerprint density at radius 2 is 0.714 bits per heavy atom. The summed E-state index contributed by atoms with van der Waals surface area (Å²) in [5.74, 6) is 0.694. The molecule has 1 aliphatic carbocycles. The van der Waals surface area contributed by atoms with Crippen LogP contribution in [0.25, 0.3) is 0 Å². The fraction of sp³-hybridized carbons (Fsp3) is 0.778. The van der Waals surface area contributed by atoms with Crippen LogP contribution < -0.4 is 0 Å². The van der Waals surface area contributed by atoms with Crippen LogP contribution >= 0.6 is 0 Å². The maximum Gasteiger partial charge on any atom is 0.0411 e. The van der Waals surface area contributed by atoms with Gasteiger partial charge in [-0.25, -0.2) is 0 Å². The second-order valence-corrected chi connectivity index (χ2v) is 21.3. The Morgan fingerprint density at radius 3 is 0.762 bits per heavy atom. The minimum Gasteiger partial charge on any atom is -0.0697 e. The van der Waals surface area contributed by atoms with E-state index in [9.17, 15) is 0 Å². The van der Waals surface area contributed by atoms with Crippen molar-refractivity contribution in [2.75, 3.05) is 0 Å². The van der Waals surface area contributed by atoms with Gasteiger partial charge >= 0.3 is 0 Å². The van der Waals surface area contributed by atoms with Crippen molar-refractivity contribution in [2.24, 2.45) is 5.92 Å². The molecule has 0 aromatic heterocycles. The molecule has 0 aromatic carbocycles. The predicted molar refractivity (Wildman–Crippen MR) is 104 cm³/mol. The van der Waals surface area contributed by atoms with Gasteiger partial charge in [-0.15, -0.1) is 0 Å². The fourth-order valence-electron chi connectivity index (χ4n) is 1.57. The first-order valence-corrected chi connectivity index (χ1v) is 15.9. The maximum absolute atomic E-state index is 2.33. The van der Waals surface area contributed by atoms with Gasteiger partial charge in [-0.2, -0.15) is 0 Å². The van der Waals surface area contributed by atoms with E-state index in [4.69, 9.17) is 0 Å². The van der Waals surface area contributed by atoms with Crippen LogP contribution in [0.3, 0.4) is 0 Å². The van der Waals surface area contributed by atoms with Crippen LogP contribution in [0.1, 0.15) is 34.6 Å². The van der Waals surface area contributed by atoms with E-state index in [-0.39, 0.29) is 25.8 Å².